The minimum absolute atomic E-state index is 0.428. The van der Waals surface area contributed by atoms with Crippen molar-refractivity contribution in [1.29, 1.82) is 0 Å². The number of carbonyl (C=O) groups excluding carboxylic acids is 1. The third-order valence-corrected chi connectivity index (χ3v) is 5.39. The fourth-order valence-electron chi connectivity index (χ4n) is 4.08. The first-order chi connectivity index (χ1) is 8.32. The molecule has 3 aliphatic rings. The van der Waals surface area contributed by atoms with Gasteiger partial charge in [-0.2, -0.15) is 0 Å². The number of hydrogen-bond acceptors (Lipinski definition) is 2. The maximum absolute atomic E-state index is 12.6. The summed E-state index contributed by atoms with van der Waals surface area (Å²) >= 11 is 0. The molecule has 1 unspecified atom stereocenters. The maximum Gasteiger partial charge on any atom is 0.139 e. The van der Waals surface area contributed by atoms with Crippen LogP contribution in [0.4, 0.5) is 0 Å². The SMILES string of the molecule is O=C(C1CCCCCC1)C1CC12CCNCC2. The monoisotopic (exact) mass is 235 g/mol. The molecular weight excluding hydrogens is 210 g/mol. The van der Waals surface area contributed by atoms with E-state index in [1.165, 1.54) is 57.8 Å². The summed E-state index contributed by atoms with van der Waals surface area (Å²) in [6, 6.07) is 0. The van der Waals surface area contributed by atoms with E-state index in [1.54, 1.807) is 0 Å². The first-order valence-corrected chi connectivity index (χ1v) is 7.56. The summed E-state index contributed by atoms with van der Waals surface area (Å²) in [7, 11) is 0. The lowest BCUT2D eigenvalue weighted by Crippen LogP contribution is -2.31. The van der Waals surface area contributed by atoms with E-state index >= 15 is 0 Å². The quantitative estimate of drug-likeness (QED) is 0.746. The van der Waals surface area contributed by atoms with E-state index in [1.807, 2.05) is 0 Å². The van der Waals surface area contributed by atoms with Crippen LogP contribution in [0.1, 0.15) is 57.8 Å². The van der Waals surface area contributed by atoms with Crippen LogP contribution in [0.5, 0.6) is 0 Å². The summed E-state index contributed by atoms with van der Waals surface area (Å²) in [6.07, 6.45) is 11.4. The van der Waals surface area contributed by atoms with Gasteiger partial charge in [0.15, 0.2) is 0 Å². The van der Waals surface area contributed by atoms with Gasteiger partial charge in [-0.3, -0.25) is 4.79 Å². The highest BCUT2D eigenvalue weighted by Gasteiger charge is 2.58. The molecule has 3 fully saturated rings. The highest BCUT2D eigenvalue weighted by Crippen LogP contribution is 2.60. The van der Waals surface area contributed by atoms with Crippen LogP contribution in [-0.2, 0) is 4.79 Å². The van der Waals surface area contributed by atoms with E-state index in [4.69, 9.17) is 0 Å². The van der Waals surface area contributed by atoms with Gasteiger partial charge in [0.1, 0.15) is 5.78 Å². The average molecular weight is 235 g/mol. The van der Waals surface area contributed by atoms with Crippen molar-refractivity contribution in [2.24, 2.45) is 17.3 Å². The normalized spacial score (nSPS) is 33.3. The zero-order valence-corrected chi connectivity index (χ0v) is 10.8. The first kappa shape index (κ1) is 11.7. The Hall–Kier alpha value is -0.370. The van der Waals surface area contributed by atoms with Crippen LogP contribution >= 0.6 is 0 Å². The van der Waals surface area contributed by atoms with Gasteiger partial charge in [0, 0.05) is 11.8 Å². The topological polar surface area (TPSA) is 29.1 Å². The van der Waals surface area contributed by atoms with Gasteiger partial charge in [0.05, 0.1) is 0 Å². The van der Waals surface area contributed by atoms with Crippen molar-refractivity contribution in [3.8, 4) is 0 Å². The molecule has 17 heavy (non-hydrogen) atoms. The fraction of sp³-hybridized carbons (Fsp3) is 0.933. The minimum Gasteiger partial charge on any atom is -0.317 e. The Morgan fingerprint density at radius 1 is 1.00 bits per heavy atom. The number of ketones is 1. The molecule has 96 valence electrons. The summed E-state index contributed by atoms with van der Waals surface area (Å²) in [6.45, 7) is 2.27. The molecule has 1 saturated heterocycles. The summed E-state index contributed by atoms with van der Waals surface area (Å²) in [5, 5.41) is 3.42. The molecular formula is C15H25NO. The Kier molecular flexibility index (Phi) is 3.25. The molecule has 2 nitrogen and oxygen atoms in total. The highest BCUT2D eigenvalue weighted by atomic mass is 16.1. The second-order valence-corrected chi connectivity index (χ2v) is 6.46. The summed E-state index contributed by atoms with van der Waals surface area (Å²) in [5.41, 5.74) is 0.453. The molecule has 0 aromatic carbocycles. The van der Waals surface area contributed by atoms with Crippen molar-refractivity contribution in [3.05, 3.63) is 0 Å². The van der Waals surface area contributed by atoms with E-state index in [9.17, 15) is 4.79 Å². The third-order valence-electron chi connectivity index (χ3n) is 5.39. The van der Waals surface area contributed by atoms with E-state index < -0.39 is 0 Å². The van der Waals surface area contributed by atoms with Crippen LogP contribution < -0.4 is 5.32 Å². The highest BCUT2D eigenvalue weighted by molar-refractivity contribution is 5.87. The summed E-state index contributed by atoms with van der Waals surface area (Å²) in [4.78, 5) is 12.6. The van der Waals surface area contributed by atoms with Crippen molar-refractivity contribution in [3.63, 3.8) is 0 Å². The molecule has 0 radical (unpaired) electrons. The van der Waals surface area contributed by atoms with Crippen molar-refractivity contribution in [2.75, 3.05) is 13.1 Å². The van der Waals surface area contributed by atoms with Gasteiger partial charge < -0.3 is 5.32 Å². The number of Topliss-reactive ketones (excluding diaryl/α,β-unsaturated/α-hetero) is 1. The summed E-state index contributed by atoms with van der Waals surface area (Å²) in [5.74, 6) is 1.53. The Bertz CT molecular complexity index is 285. The number of hydrogen-bond donors (Lipinski definition) is 1. The zero-order chi connectivity index (χ0) is 11.7. The van der Waals surface area contributed by atoms with Crippen molar-refractivity contribution >= 4 is 5.78 Å². The van der Waals surface area contributed by atoms with Gasteiger partial charge in [-0.25, -0.2) is 0 Å². The smallest absolute Gasteiger partial charge is 0.139 e. The van der Waals surface area contributed by atoms with Crippen molar-refractivity contribution in [2.45, 2.75) is 57.8 Å². The summed E-state index contributed by atoms with van der Waals surface area (Å²) < 4.78 is 0. The van der Waals surface area contributed by atoms with Gasteiger partial charge in [-0.1, -0.05) is 25.7 Å². The fourth-order valence-corrected chi connectivity index (χ4v) is 4.08. The van der Waals surface area contributed by atoms with Crippen LogP contribution in [0.25, 0.3) is 0 Å². The van der Waals surface area contributed by atoms with Gasteiger partial charge in [0.25, 0.3) is 0 Å². The molecule has 3 rings (SSSR count). The molecule has 0 aromatic heterocycles. The molecule has 1 aliphatic heterocycles. The second-order valence-electron chi connectivity index (χ2n) is 6.46. The number of piperidine rings is 1. The molecule has 2 aliphatic carbocycles. The number of nitrogens with one attached hydrogen (secondary N) is 1. The largest absolute Gasteiger partial charge is 0.317 e. The molecule has 1 atom stereocenters. The molecule has 0 amide bonds. The van der Waals surface area contributed by atoms with Crippen LogP contribution in [-0.4, -0.2) is 18.9 Å². The minimum atomic E-state index is 0.428. The molecule has 1 heterocycles. The maximum atomic E-state index is 12.6. The lowest BCUT2D eigenvalue weighted by Gasteiger charge is -2.24. The van der Waals surface area contributed by atoms with Gasteiger partial charge in [-0.15, -0.1) is 0 Å². The van der Waals surface area contributed by atoms with E-state index in [0.717, 1.165) is 13.1 Å². The third kappa shape index (κ3) is 2.29. The Morgan fingerprint density at radius 2 is 1.65 bits per heavy atom. The molecule has 1 spiro atoms. The number of rotatable bonds is 2. The van der Waals surface area contributed by atoms with E-state index in [2.05, 4.69) is 5.32 Å². The molecule has 2 heteroatoms. The van der Waals surface area contributed by atoms with Gasteiger partial charge in [-0.05, 0) is 50.6 Å². The predicted octanol–water partition coefficient (Wildman–Crippen LogP) is 2.92. The van der Waals surface area contributed by atoms with Gasteiger partial charge in [0.2, 0.25) is 0 Å². The van der Waals surface area contributed by atoms with Crippen LogP contribution in [0, 0.1) is 17.3 Å². The van der Waals surface area contributed by atoms with E-state index in [-0.39, 0.29) is 0 Å². The molecule has 2 saturated carbocycles. The van der Waals surface area contributed by atoms with Crippen LogP contribution in [0.15, 0.2) is 0 Å². The van der Waals surface area contributed by atoms with Crippen LogP contribution in [0.3, 0.4) is 0 Å². The average Bonchev–Trinajstić information content (AvgIpc) is 3.10. The van der Waals surface area contributed by atoms with Crippen molar-refractivity contribution < 1.29 is 4.79 Å². The van der Waals surface area contributed by atoms with E-state index in [0.29, 0.717) is 23.0 Å². The lowest BCUT2D eigenvalue weighted by atomic mass is 9.85. The van der Waals surface area contributed by atoms with Gasteiger partial charge >= 0.3 is 0 Å². The predicted molar refractivity (Wildman–Crippen MR) is 68.8 cm³/mol. The zero-order valence-electron chi connectivity index (χ0n) is 10.8. The molecule has 1 N–H and O–H groups in total. The Morgan fingerprint density at radius 3 is 2.29 bits per heavy atom. The molecule has 0 bridgehead atoms. The first-order valence-electron chi connectivity index (χ1n) is 7.56. The lowest BCUT2D eigenvalue weighted by molar-refractivity contribution is -0.125. The molecule has 0 aromatic rings. The standard InChI is InChI=1S/C15H25NO/c17-14(12-5-3-1-2-4-6-12)13-11-15(13)7-9-16-10-8-15/h12-13,16H,1-11H2. The number of carbonyl (C=O) groups is 1. The van der Waals surface area contributed by atoms with Crippen LogP contribution in [0.2, 0.25) is 0 Å². The second kappa shape index (κ2) is 4.72. The Balaban J connectivity index is 1.59. The van der Waals surface area contributed by atoms with Crippen molar-refractivity contribution in [1.82, 2.24) is 5.32 Å². The Labute approximate surface area is 105 Å².